The molecule has 0 atom stereocenters. The second-order valence-corrected chi connectivity index (χ2v) is 5.04. The van der Waals surface area contributed by atoms with E-state index in [0.717, 1.165) is 12.1 Å². The molecule has 1 aromatic rings. The summed E-state index contributed by atoms with van der Waals surface area (Å²) in [5.74, 6) is -1.38. The number of benzene rings is 1. The Bertz CT molecular complexity index is 567. The molecule has 0 unspecified atom stereocenters. The second kappa shape index (κ2) is 8.29. The zero-order chi connectivity index (χ0) is 16.6. The molecule has 0 saturated carbocycles. The van der Waals surface area contributed by atoms with Gasteiger partial charge in [0.2, 0.25) is 0 Å². The predicted molar refractivity (Wildman–Crippen MR) is 71.9 cm³/mol. The first kappa shape index (κ1) is 17.8. The molecule has 1 rings (SSSR count). The van der Waals surface area contributed by atoms with Gasteiger partial charge in [-0.3, -0.25) is 4.79 Å². The van der Waals surface area contributed by atoms with Gasteiger partial charge in [0.15, 0.2) is 6.61 Å². The number of hydrogen-bond acceptors (Lipinski definition) is 5. The summed E-state index contributed by atoms with van der Waals surface area (Å²) in [6, 6.07) is 6.48. The van der Waals surface area contributed by atoms with E-state index < -0.39 is 24.0 Å². The molecule has 0 fully saturated rings. The lowest BCUT2D eigenvalue weighted by molar-refractivity contribution is -0.124. The predicted octanol–water partition coefficient (Wildman–Crippen LogP) is 2.49. The van der Waals surface area contributed by atoms with E-state index in [9.17, 15) is 22.8 Å². The lowest BCUT2D eigenvalue weighted by Gasteiger charge is -2.07. The summed E-state index contributed by atoms with van der Waals surface area (Å²) in [5, 5.41) is 10.6. The summed E-state index contributed by atoms with van der Waals surface area (Å²) < 4.78 is 41.1. The molecule has 22 heavy (non-hydrogen) atoms. The Morgan fingerprint density at radius 1 is 1.27 bits per heavy atom. The van der Waals surface area contributed by atoms with E-state index in [1.165, 1.54) is 12.1 Å². The summed E-state index contributed by atoms with van der Waals surface area (Å²) in [7, 11) is 0. The van der Waals surface area contributed by atoms with Crippen LogP contribution in [-0.4, -0.2) is 30.5 Å². The maximum atomic E-state index is 12.1. The highest BCUT2D eigenvalue weighted by molar-refractivity contribution is 8.00. The fraction of sp³-hybridized carbons (Fsp3) is 0.308. The molecular formula is C13H11F3N2O3S. The third-order valence-corrected chi connectivity index (χ3v) is 2.96. The van der Waals surface area contributed by atoms with Crippen molar-refractivity contribution in [2.75, 3.05) is 13.2 Å². The van der Waals surface area contributed by atoms with E-state index in [0.29, 0.717) is 0 Å². The van der Waals surface area contributed by atoms with E-state index >= 15 is 0 Å². The van der Waals surface area contributed by atoms with Gasteiger partial charge in [0.1, 0.15) is 0 Å². The Hall–Kier alpha value is -2.21. The maximum absolute atomic E-state index is 12.1. The second-order valence-electron chi connectivity index (χ2n) is 3.91. The number of hydrogen-bond donors (Lipinski definition) is 1. The van der Waals surface area contributed by atoms with Crippen LogP contribution < -0.4 is 5.32 Å². The molecule has 0 aromatic heterocycles. The largest absolute Gasteiger partial charge is 0.452 e. The van der Waals surface area contributed by atoms with Crippen molar-refractivity contribution >= 4 is 23.6 Å². The van der Waals surface area contributed by atoms with Gasteiger partial charge in [0.05, 0.1) is 18.1 Å². The van der Waals surface area contributed by atoms with Gasteiger partial charge in [0, 0.05) is 11.4 Å². The van der Waals surface area contributed by atoms with Crippen LogP contribution >= 0.6 is 11.8 Å². The SMILES string of the molecule is N#CCCNC(=O)COC(=O)c1ccc(SC(F)(F)F)cc1. The van der Waals surface area contributed by atoms with E-state index in [2.05, 4.69) is 5.32 Å². The smallest absolute Gasteiger partial charge is 0.446 e. The van der Waals surface area contributed by atoms with E-state index in [4.69, 9.17) is 10.00 Å². The standard InChI is InChI=1S/C13H11F3N2O3S/c14-13(15,16)22-10-4-2-9(3-5-10)12(20)21-8-11(19)18-7-1-6-17/h2-5H,1,7-8H2,(H,18,19). The van der Waals surface area contributed by atoms with Gasteiger partial charge in [-0.2, -0.15) is 18.4 Å². The van der Waals surface area contributed by atoms with Crippen LogP contribution in [0.1, 0.15) is 16.8 Å². The highest BCUT2D eigenvalue weighted by Crippen LogP contribution is 2.36. The van der Waals surface area contributed by atoms with Gasteiger partial charge in [-0.05, 0) is 36.0 Å². The van der Waals surface area contributed by atoms with Crippen molar-refractivity contribution in [3.63, 3.8) is 0 Å². The first-order valence-electron chi connectivity index (χ1n) is 5.98. The fourth-order valence-corrected chi connectivity index (χ4v) is 1.86. The molecule has 118 valence electrons. The summed E-state index contributed by atoms with van der Waals surface area (Å²) in [6.45, 7) is -0.375. The van der Waals surface area contributed by atoms with Crippen molar-refractivity contribution in [1.29, 1.82) is 5.26 Å². The number of amides is 1. The number of carbonyl (C=O) groups is 2. The topological polar surface area (TPSA) is 79.2 Å². The zero-order valence-electron chi connectivity index (χ0n) is 11.1. The monoisotopic (exact) mass is 332 g/mol. The van der Waals surface area contributed by atoms with E-state index in [1.54, 1.807) is 0 Å². The normalized spacial score (nSPS) is 10.6. The number of thioether (sulfide) groups is 1. The molecule has 1 amide bonds. The number of nitrogens with zero attached hydrogens (tertiary/aromatic N) is 1. The van der Waals surface area contributed by atoms with Crippen molar-refractivity contribution in [2.24, 2.45) is 0 Å². The number of halogens is 3. The average Bonchev–Trinajstić information content (AvgIpc) is 2.44. The summed E-state index contributed by atoms with van der Waals surface area (Å²) in [5.41, 5.74) is -4.36. The molecule has 0 spiro atoms. The lowest BCUT2D eigenvalue weighted by Crippen LogP contribution is -2.29. The van der Waals surface area contributed by atoms with Crippen molar-refractivity contribution in [3.05, 3.63) is 29.8 Å². The van der Waals surface area contributed by atoms with Gasteiger partial charge in [0.25, 0.3) is 5.91 Å². The Balaban J connectivity index is 2.46. The van der Waals surface area contributed by atoms with Gasteiger partial charge in [-0.15, -0.1) is 0 Å². The van der Waals surface area contributed by atoms with E-state index in [-0.39, 0.29) is 35.2 Å². The fourth-order valence-electron chi connectivity index (χ4n) is 1.32. The van der Waals surface area contributed by atoms with Crippen LogP contribution in [0.15, 0.2) is 29.2 Å². The minimum atomic E-state index is -4.40. The number of rotatable bonds is 6. The molecule has 0 aliphatic heterocycles. The van der Waals surface area contributed by atoms with Crippen LogP contribution in [0.5, 0.6) is 0 Å². The van der Waals surface area contributed by atoms with Gasteiger partial charge >= 0.3 is 11.5 Å². The average molecular weight is 332 g/mol. The first-order chi connectivity index (χ1) is 10.3. The Kier molecular flexibility index (Phi) is 6.72. The Morgan fingerprint density at radius 2 is 1.91 bits per heavy atom. The Morgan fingerprint density at radius 3 is 2.45 bits per heavy atom. The number of carbonyl (C=O) groups excluding carboxylic acids is 2. The summed E-state index contributed by atoms with van der Waals surface area (Å²) >= 11 is -0.292. The lowest BCUT2D eigenvalue weighted by atomic mass is 10.2. The quantitative estimate of drug-likeness (QED) is 0.492. The third-order valence-electron chi connectivity index (χ3n) is 2.22. The minimum absolute atomic E-state index is 0.0383. The molecule has 5 nitrogen and oxygen atoms in total. The van der Waals surface area contributed by atoms with Gasteiger partial charge in [-0.25, -0.2) is 4.79 Å². The molecule has 1 N–H and O–H groups in total. The van der Waals surface area contributed by atoms with Crippen molar-refractivity contribution in [2.45, 2.75) is 16.8 Å². The highest BCUT2D eigenvalue weighted by Gasteiger charge is 2.29. The Labute approximate surface area is 128 Å². The van der Waals surface area contributed by atoms with Crippen LogP contribution in [0.2, 0.25) is 0 Å². The van der Waals surface area contributed by atoms with Crippen LogP contribution in [0.25, 0.3) is 0 Å². The molecule has 0 bridgehead atoms. The number of alkyl halides is 3. The van der Waals surface area contributed by atoms with Gasteiger partial charge < -0.3 is 10.1 Å². The maximum Gasteiger partial charge on any atom is 0.446 e. The first-order valence-corrected chi connectivity index (χ1v) is 6.80. The number of nitrogens with one attached hydrogen (secondary N) is 1. The highest BCUT2D eigenvalue weighted by atomic mass is 32.2. The third kappa shape index (κ3) is 6.99. The molecule has 9 heteroatoms. The zero-order valence-corrected chi connectivity index (χ0v) is 12.0. The van der Waals surface area contributed by atoms with Gasteiger partial charge in [-0.1, -0.05) is 0 Å². The number of ether oxygens (including phenoxy) is 1. The molecule has 0 saturated heterocycles. The molecule has 1 aromatic carbocycles. The van der Waals surface area contributed by atoms with Crippen LogP contribution in [0.3, 0.4) is 0 Å². The molecule has 0 aliphatic carbocycles. The molecule has 0 aliphatic rings. The van der Waals surface area contributed by atoms with Crippen LogP contribution in [0, 0.1) is 11.3 Å². The molecular weight excluding hydrogens is 321 g/mol. The minimum Gasteiger partial charge on any atom is -0.452 e. The van der Waals surface area contributed by atoms with Crippen LogP contribution in [-0.2, 0) is 9.53 Å². The molecule has 0 radical (unpaired) electrons. The number of nitriles is 1. The summed E-state index contributed by atoms with van der Waals surface area (Å²) in [4.78, 5) is 22.8. The van der Waals surface area contributed by atoms with Crippen molar-refractivity contribution in [3.8, 4) is 6.07 Å². The van der Waals surface area contributed by atoms with Crippen LogP contribution in [0.4, 0.5) is 13.2 Å². The summed E-state index contributed by atoms with van der Waals surface area (Å²) in [6.07, 6.45) is 0.137. The van der Waals surface area contributed by atoms with Crippen molar-refractivity contribution in [1.82, 2.24) is 5.32 Å². The van der Waals surface area contributed by atoms with Crippen molar-refractivity contribution < 1.29 is 27.5 Å². The van der Waals surface area contributed by atoms with E-state index in [1.807, 2.05) is 6.07 Å². The molecule has 0 heterocycles. The number of esters is 1.